The Hall–Kier alpha value is -1.50. The number of carbonyl (C=O) groups is 1. The molecule has 108 valence electrons. The molecule has 1 amide bonds. The largest absolute Gasteiger partial charge is 0.395 e. The number of rotatable bonds is 10. The molecule has 0 radical (unpaired) electrons. The summed E-state index contributed by atoms with van der Waals surface area (Å²) in [7, 11) is 0. The van der Waals surface area contributed by atoms with Gasteiger partial charge in [-0.05, 0) is 19.7 Å². The molecule has 0 rings (SSSR count). The molecule has 0 aliphatic rings. The minimum absolute atomic E-state index is 0.00940. The molecule has 0 aromatic rings. The fourth-order valence-electron chi connectivity index (χ4n) is 1.44. The first-order valence-electron chi connectivity index (χ1n) is 6.20. The number of carbonyl (C=O) groups excluding carboxylic acids is 1. The molecule has 6 nitrogen and oxygen atoms in total. The third-order valence-corrected chi connectivity index (χ3v) is 2.44. The van der Waals surface area contributed by atoms with Crippen molar-refractivity contribution in [2.24, 2.45) is 4.99 Å². The van der Waals surface area contributed by atoms with Crippen molar-refractivity contribution in [3.05, 3.63) is 24.0 Å². The quantitative estimate of drug-likeness (QED) is 0.382. The highest BCUT2D eigenvalue weighted by Crippen LogP contribution is 1.96. The van der Waals surface area contributed by atoms with Gasteiger partial charge in [0.25, 0.3) is 0 Å². The summed E-state index contributed by atoms with van der Waals surface area (Å²) in [5, 5.41) is 20.4. The molecule has 0 saturated heterocycles. The number of hydrogen-bond acceptors (Lipinski definition) is 5. The van der Waals surface area contributed by atoms with Gasteiger partial charge < -0.3 is 15.5 Å². The van der Waals surface area contributed by atoms with E-state index in [9.17, 15) is 4.79 Å². The Morgan fingerprint density at radius 2 is 1.95 bits per heavy atom. The Morgan fingerprint density at radius 1 is 1.32 bits per heavy atom. The fourth-order valence-corrected chi connectivity index (χ4v) is 1.44. The van der Waals surface area contributed by atoms with E-state index in [2.05, 4.69) is 17.0 Å². The summed E-state index contributed by atoms with van der Waals surface area (Å²) >= 11 is 0. The molecule has 0 spiro atoms. The first kappa shape index (κ1) is 17.5. The van der Waals surface area contributed by atoms with Crippen LogP contribution < -0.4 is 5.32 Å². The van der Waals surface area contributed by atoms with Gasteiger partial charge in [0.05, 0.1) is 13.2 Å². The highest BCUT2D eigenvalue weighted by Gasteiger charge is 2.07. The van der Waals surface area contributed by atoms with Crippen LogP contribution in [0, 0.1) is 0 Å². The van der Waals surface area contributed by atoms with Crippen LogP contribution in [0.25, 0.3) is 0 Å². The lowest BCUT2D eigenvalue weighted by Crippen LogP contribution is -2.34. The van der Waals surface area contributed by atoms with Crippen LogP contribution in [0.1, 0.15) is 13.3 Å². The molecule has 0 aromatic heterocycles. The van der Waals surface area contributed by atoms with E-state index >= 15 is 0 Å². The lowest BCUT2D eigenvalue weighted by atomic mass is 10.3. The van der Waals surface area contributed by atoms with Gasteiger partial charge in [-0.25, -0.2) is 0 Å². The van der Waals surface area contributed by atoms with Crippen LogP contribution in [0.3, 0.4) is 0 Å². The van der Waals surface area contributed by atoms with Crippen LogP contribution in [-0.2, 0) is 4.79 Å². The Balaban J connectivity index is 4.14. The smallest absolute Gasteiger partial charge is 0.225 e. The van der Waals surface area contributed by atoms with E-state index in [4.69, 9.17) is 10.2 Å². The van der Waals surface area contributed by atoms with Crippen LogP contribution in [0.2, 0.25) is 0 Å². The van der Waals surface area contributed by atoms with Crippen molar-refractivity contribution in [1.82, 2.24) is 10.2 Å². The summed E-state index contributed by atoms with van der Waals surface area (Å²) in [5.41, 5.74) is 0.660. The van der Waals surface area contributed by atoms with Crippen molar-refractivity contribution in [3.63, 3.8) is 0 Å². The van der Waals surface area contributed by atoms with Gasteiger partial charge in [-0.1, -0.05) is 6.08 Å². The first-order valence-corrected chi connectivity index (χ1v) is 6.20. The van der Waals surface area contributed by atoms with Gasteiger partial charge in [-0.3, -0.25) is 14.7 Å². The van der Waals surface area contributed by atoms with E-state index in [-0.39, 0.29) is 19.1 Å². The zero-order chi connectivity index (χ0) is 14.5. The van der Waals surface area contributed by atoms with Crippen LogP contribution in [0.5, 0.6) is 0 Å². The molecular formula is C13H23N3O3. The predicted molar refractivity (Wildman–Crippen MR) is 75.8 cm³/mol. The number of aliphatic hydroxyl groups is 2. The maximum absolute atomic E-state index is 11.7. The van der Waals surface area contributed by atoms with Gasteiger partial charge in [0.15, 0.2) is 0 Å². The van der Waals surface area contributed by atoms with Gasteiger partial charge in [-0.15, -0.1) is 0 Å². The maximum atomic E-state index is 11.7. The molecule has 6 heteroatoms. The summed E-state index contributed by atoms with van der Waals surface area (Å²) in [6.07, 6.45) is 5.22. The SMILES string of the molecule is C=N/C=C\C(=C/C)NC(=O)CCN(CCO)CCO. The average molecular weight is 269 g/mol. The zero-order valence-corrected chi connectivity index (χ0v) is 11.4. The number of aliphatic imine (C=N–C) groups is 1. The van der Waals surface area contributed by atoms with Crippen molar-refractivity contribution >= 4 is 12.6 Å². The van der Waals surface area contributed by atoms with Crippen LogP contribution in [0.15, 0.2) is 29.0 Å². The molecule has 0 atom stereocenters. The molecule has 0 bridgehead atoms. The molecule has 0 aliphatic carbocycles. The van der Waals surface area contributed by atoms with Crippen LogP contribution in [0.4, 0.5) is 0 Å². The van der Waals surface area contributed by atoms with Crippen molar-refractivity contribution in [2.45, 2.75) is 13.3 Å². The third kappa shape index (κ3) is 9.12. The minimum Gasteiger partial charge on any atom is -0.395 e. The summed E-state index contributed by atoms with van der Waals surface area (Å²) < 4.78 is 0. The highest BCUT2D eigenvalue weighted by atomic mass is 16.3. The third-order valence-electron chi connectivity index (χ3n) is 2.44. The normalized spacial score (nSPS) is 12.1. The molecule has 0 aliphatic heterocycles. The summed E-state index contributed by atoms with van der Waals surface area (Å²) in [4.78, 5) is 17.1. The molecule has 0 heterocycles. The molecular weight excluding hydrogens is 246 g/mol. The fraction of sp³-hybridized carbons (Fsp3) is 0.538. The molecule has 19 heavy (non-hydrogen) atoms. The second-order valence-electron chi connectivity index (χ2n) is 3.83. The topological polar surface area (TPSA) is 85.2 Å². The van der Waals surface area contributed by atoms with Crippen molar-refractivity contribution in [3.8, 4) is 0 Å². The molecule has 3 N–H and O–H groups in total. The predicted octanol–water partition coefficient (Wildman–Crippen LogP) is -0.103. The molecule has 0 unspecified atom stereocenters. The number of aliphatic hydroxyl groups excluding tert-OH is 2. The second-order valence-corrected chi connectivity index (χ2v) is 3.83. The minimum atomic E-state index is -0.123. The van der Waals surface area contributed by atoms with Crippen LogP contribution >= 0.6 is 0 Å². The Bertz CT molecular complexity index is 321. The second kappa shape index (κ2) is 11.6. The Kier molecular flexibility index (Phi) is 10.7. The monoisotopic (exact) mass is 269 g/mol. The van der Waals surface area contributed by atoms with E-state index in [1.165, 1.54) is 6.20 Å². The van der Waals surface area contributed by atoms with E-state index < -0.39 is 0 Å². The molecule has 0 fully saturated rings. The van der Waals surface area contributed by atoms with E-state index in [1.807, 2.05) is 11.8 Å². The van der Waals surface area contributed by atoms with Gasteiger partial charge in [0, 0.05) is 38.0 Å². The number of allylic oxidation sites excluding steroid dienone is 2. The van der Waals surface area contributed by atoms with Gasteiger partial charge in [0.1, 0.15) is 0 Å². The lowest BCUT2D eigenvalue weighted by Gasteiger charge is -2.19. The standard InChI is InChI=1S/C13H23N3O3/c1-3-12(4-6-14-2)15-13(19)5-7-16(8-10-17)9-11-18/h3-4,6,17-18H,2,5,7-11H2,1H3,(H,15,19)/b6-4-,12-3+. The average Bonchev–Trinajstić information content (AvgIpc) is 2.41. The Labute approximate surface area is 114 Å². The Morgan fingerprint density at radius 3 is 2.42 bits per heavy atom. The maximum Gasteiger partial charge on any atom is 0.225 e. The van der Waals surface area contributed by atoms with E-state index in [0.717, 1.165) is 0 Å². The van der Waals surface area contributed by atoms with E-state index in [0.29, 0.717) is 31.8 Å². The van der Waals surface area contributed by atoms with Crippen molar-refractivity contribution in [2.75, 3.05) is 32.8 Å². The number of hydrogen-bond donors (Lipinski definition) is 3. The number of nitrogens with zero attached hydrogens (tertiary/aromatic N) is 2. The summed E-state index contributed by atoms with van der Waals surface area (Å²) in [6.45, 7) is 6.54. The van der Waals surface area contributed by atoms with E-state index in [1.54, 1.807) is 12.2 Å². The highest BCUT2D eigenvalue weighted by molar-refractivity contribution is 5.78. The first-order chi connectivity index (χ1) is 9.17. The summed E-state index contributed by atoms with van der Waals surface area (Å²) in [6, 6.07) is 0. The van der Waals surface area contributed by atoms with Crippen LogP contribution in [-0.4, -0.2) is 60.6 Å². The zero-order valence-electron chi connectivity index (χ0n) is 11.4. The van der Waals surface area contributed by atoms with Gasteiger partial charge >= 0.3 is 0 Å². The van der Waals surface area contributed by atoms with Crippen molar-refractivity contribution < 1.29 is 15.0 Å². The number of amides is 1. The van der Waals surface area contributed by atoms with Crippen molar-refractivity contribution in [1.29, 1.82) is 0 Å². The molecule has 0 saturated carbocycles. The summed E-state index contributed by atoms with van der Waals surface area (Å²) in [5.74, 6) is -0.123. The van der Waals surface area contributed by atoms with Gasteiger partial charge in [-0.2, -0.15) is 0 Å². The lowest BCUT2D eigenvalue weighted by molar-refractivity contribution is -0.120. The number of nitrogens with one attached hydrogen (secondary N) is 1. The molecule has 0 aromatic carbocycles. The van der Waals surface area contributed by atoms with Gasteiger partial charge in [0.2, 0.25) is 5.91 Å².